The number of carbonyl (C=O) groups is 1. The van der Waals surface area contributed by atoms with Crippen LogP contribution in [-0.4, -0.2) is 25.1 Å². The lowest BCUT2D eigenvalue weighted by Gasteiger charge is -2.26. The number of carbonyl (C=O) groups excluding carboxylic acids is 1. The highest BCUT2D eigenvalue weighted by molar-refractivity contribution is 5.94. The minimum atomic E-state index is -0.660. The number of hydrogen-bond acceptors (Lipinski definition) is 4. The van der Waals surface area contributed by atoms with Crippen molar-refractivity contribution in [3.8, 4) is 0 Å². The van der Waals surface area contributed by atoms with Crippen LogP contribution in [-0.2, 0) is 11.8 Å². The Hall–Kier alpha value is -3.03. The number of anilines is 1. The number of fused-ring (bicyclic) bond motifs is 3. The summed E-state index contributed by atoms with van der Waals surface area (Å²) in [7, 11) is 1.57. The Morgan fingerprint density at radius 1 is 1.30 bits per heavy atom. The van der Waals surface area contributed by atoms with Crippen molar-refractivity contribution in [3.05, 3.63) is 57.9 Å². The maximum atomic E-state index is 14.2. The Morgan fingerprint density at radius 2 is 2.09 bits per heavy atom. The summed E-state index contributed by atoms with van der Waals surface area (Å²) in [5.41, 5.74) is 0.309. The Balaban J connectivity index is 2.08. The molecule has 0 bridgehead atoms. The molecule has 7 nitrogen and oxygen atoms in total. The van der Waals surface area contributed by atoms with Crippen LogP contribution >= 0.6 is 0 Å². The molecule has 1 aliphatic rings. The zero-order valence-corrected chi connectivity index (χ0v) is 12.2. The number of benzene rings is 1. The van der Waals surface area contributed by atoms with Gasteiger partial charge in [0, 0.05) is 19.4 Å². The zero-order chi connectivity index (χ0) is 16.1. The lowest BCUT2D eigenvalue weighted by molar-refractivity contribution is -0.116. The van der Waals surface area contributed by atoms with Crippen LogP contribution in [0.2, 0.25) is 0 Å². The summed E-state index contributed by atoms with van der Waals surface area (Å²) in [5, 5.41) is 6.72. The van der Waals surface area contributed by atoms with Gasteiger partial charge < -0.3 is 5.32 Å². The predicted octanol–water partition coefficient (Wildman–Crippen LogP) is 1.04. The van der Waals surface area contributed by atoms with Gasteiger partial charge in [0.2, 0.25) is 11.7 Å². The van der Waals surface area contributed by atoms with Gasteiger partial charge in [-0.2, -0.15) is 14.6 Å². The Labute approximate surface area is 129 Å². The Morgan fingerprint density at radius 3 is 2.87 bits per heavy atom. The van der Waals surface area contributed by atoms with E-state index in [9.17, 15) is 14.0 Å². The highest BCUT2D eigenvalue weighted by atomic mass is 19.1. The molecule has 0 aliphatic carbocycles. The van der Waals surface area contributed by atoms with Gasteiger partial charge in [-0.1, -0.05) is 18.2 Å². The summed E-state index contributed by atoms with van der Waals surface area (Å²) in [5.74, 6) is -0.838. The van der Waals surface area contributed by atoms with E-state index in [1.165, 1.54) is 21.5 Å². The third-order valence-corrected chi connectivity index (χ3v) is 4.11. The molecule has 3 aromatic rings. The van der Waals surface area contributed by atoms with E-state index in [-0.39, 0.29) is 23.7 Å². The molecule has 0 unspecified atom stereocenters. The molecule has 3 heterocycles. The Bertz CT molecular complexity index is 1010. The fourth-order valence-electron chi connectivity index (χ4n) is 3.04. The first-order valence-corrected chi connectivity index (χ1v) is 7.05. The van der Waals surface area contributed by atoms with Crippen molar-refractivity contribution >= 4 is 17.5 Å². The van der Waals surface area contributed by atoms with Crippen LogP contribution in [0.25, 0.3) is 5.78 Å². The average molecular weight is 313 g/mol. The second-order valence-corrected chi connectivity index (χ2v) is 5.42. The minimum Gasteiger partial charge on any atom is -0.310 e. The van der Waals surface area contributed by atoms with E-state index in [2.05, 4.69) is 15.4 Å². The zero-order valence-electron chi connectivity index (χ0n) is 12.2. The predicted molar refractivity (Wildman–Crippen MR) is 79.7 cm³/mol. The fraction of sp³-hybridized carbons (Fsp3) is 0.200. The number of halogens is 1. The van der Waals surface area contributed by atoms with Crippen molar-refractivity contribution in [2.75, 3.05) is 5.32 Å². The van der Waals surface area contributed by atoms with Crippen molar-refractivity contribution in [3.63, 3.8) is 0 Å². The highest BCUT2D eigenvalue weighted by Crippen LogP contribution is 2.35. The minimum absolute atomic E-state index is 0.00335. The maximum Gasteiger partial charge on any atom is 0.260 e. The lowest BCUT2D eigenvalue weighted by atomic mass is 9.86. The number of amides is 1. The third kappa shape index (κ3) is 1.88. The molecule has 2 aromatic heterocycles. The molecule has 0 radical (unpaired) electrons. The molecular formula is C15H12FN5O2. The number of nitrogens with zero attached hydrogens (tertiary/aromatic N) is 4. The average Bonchev–Trinajstić information content (AvgIpc) is 3.02. The van der Waals surface area contributed by atoms with Gasteiger partial charge in [0.15, 0.2) is 0 Å². The van der Waals surface area contributed by atoms with Crippen LogP contribution < -0.4 is 10.9 Å². The van der Waals surface area contributed by atoms with Gasteiger partial charge in [0.05, 0.1) is 5.56 Å². The lowest BCUT2D eigenvalue weighted by Crippen LogP contribution is -2.35. The molecule has 8 heteroatoms. The molecule has 4 rings (SSSR count). The summed E-state index contributed by atoms with van der Waals surface area (Å²) in [6, 6.07) is 6.16. The van der Waals surface area contributed by atoms with Crippen LogP contribution in [0.5, 0.6) is 0 Å². The molecule has 1 atom stereocenters. The van der Waals surface area contributed by atoms with Crippen molar-refractivity contribution < 1.29 is 9.18 Å². The van der Waals surface area contributed by atoms with Gasteiger partial charge in [-0.05, 0) is 11.6 Å². The summed E-state index contributed by atoms with van der Waals surface area (Å²) >= 11 is 0. The third-order valence-electron chi connectivity index (χ3n) is 4.11. The summed E-state index contributed by atoms with van der Waals surface area (Å²) in [4.78, 5) is 28.8. The van der Waals surface area contributed by atoms with Crippen LogP contribution in [0.3, 0.4) is 0 Å². The van der Waals surface area contributed by atoms with E-state index in [1.807, 2.05) is 0 Å². The van der Waals surface area contributed by atoms with Crippen molar-refractivity contribution in [1.82, 2.24) is 19.2 Å². The van der Waals surface area contributed by atoms with Gasteiger partial charge >= 0.3 is 0 Å². The monoisotopic (exact) mass is 313 g/mol. The van der Waals surface area contributed by atoms with Gasteiger partial charge in [0.25, 0.3) is 5.56 Å². The van der Waals surface area contributed by atoms with E-state index >= 15 is 0 Å². The van der Waals surface area contributed by atoms with E-state index in [0.29, 0.717) is 16.9 Å². The van der Waals surface area contributed by atoms with Crippen molar-refractivity contribution in [1.29, 1.82) is 0 Å². The quantitative estimate of drug-likeness (QED) is 0.728. The molecule has 0 spiro atoms. The second-order valence-electron chi connectivity index (χ2n) is 5.42. The summed E-state index contributed by atoms with van der Waals surface area (Å²) in [6.45, 7) is 0. The number of aryl methyl sites for hydroxylation is 1. The maximum absolute atomic E-state index is 14.2. The molecule has 0 saturated heterocycles. The first kappa shape index (κ1) is 13.6. The molecule has 116 valence electrons. The molecule has 0 saturated carbocycles. The van der Waals surface area contributed by atoms with E-state index in [1.54, 1.807) is 25.2 Å². The highest BCUT2D eigenvalue weighted by Gasteiger charge is 2.33. The van der Waals surface area contributed by atoms with E-state index < -0.39 is 11.7 Å². The van der Waals surface area contributed by atoms with Crippen molar-refractivity contribution in [2.24, 2.45) is 7.05 Å². The standard InChI is InChI=1S/C15H12FN5O2/c1-20-14(23)12-9(8-4-2-3-5-10(8)16)6-11(22)19-13(12)21-15(20)17-7-18-21/h2-5,7,9H,6H2,1H3,(H,19,22)/t9-/m1/s1. The number of aromatic nitrogens is 4. The van der Waals surface area contributed by atoms with Gasteiger partial charge in [-0.15, -0.1) is 0 Å². The molecule has 0 fully saturated rings. The molecule has 23 heavy (non-hydrogen) atoms. The molecule has 1 aromatic carbocycles. The first-order chi connectivity index (χ1) is 11.1. The van der Waals surface area contributed by atoms with Crippen molar-refractivity contribution in [2.45, 2.75) is 12.3 Å². The number of nitrogens with one attached hydrogen (secondary N) is 1. The van der Waals surface area contributed by atoms with Crippen LogP contribution in [0.1, 0.15) is 23.5 Å². The van der Waals surface area contributed by atoms with Gasteiger partial charge in [-0.3, -0.25) is 14.2 Å². The molecule has 1 aliphatic heterocycles. The fourth-order valence-corrected chi connectivity index (χ4v) is 3.04. The first-order valence-electron chi connectivity index (χ1n) is 7.05. The molecule has 1 N–H and O–H groups in total. The largest absolute Gasteiger partial charge is 0.310 e. The Kier molecular flexibility index (Phi) is 2.80. The van der Waals surface area contributed by atoms with Gasteiger partial charge in [-0.25, -0.2) is 4.39 Å². The van der Waals surface area contributed by atoms with E-state index in [4.69, 9.17) is 0 Å². The molecule has 1 amide bonds. The van der Waals surface area contributed by atoms with Crippen LogP contribution in [0, 0.1) is 5.82 Å². The molecular weight excluding hydrogens is 301 g/mol. The number of hydrogen-bond donors (Lipinski definition) is 1. The summed E-state index contributed by atoms with van der Waals surface area (Å²) < 4.78 is 16.9. The van der Waals surface area contributed by atoms with Gasteiger partial charge in [0.1, 0.15) is 18.0 Å². The number of rotatable bonds is 1. The normalized spacial score (nSPS) is 17.1. The second kappa shape index (κ2) is 4.73. The topological polar surface area (TPSA) is 81.3 Å². The SMILES string of the molecule is Cn1c(=O)c2c(n3ncnc13)NC(=O)C[C@@H]2c1ccccc1F. The van der Waals surface area contributed by atoms with Crippen LogP contribution in [0.4, 0.5) is 10.2 Å². The van der Waals surface area contributed by atoms with Crippen LogP contribution in [0.15, 0.2) is 35.4 Å². The summed E-state index contributed by atoms with van der Waals surface area (Å²) in [6.07, 6.45) is 1.30. The van der Waals surface area contributed by atoms with E-state index in [0.717, 1.165) is 0 Å². The smallest absolute Gasteiger partial charge is 0.260 e.